The number of nitrogens with one attached hydrogen (secondary N) is 1. The van der Waals surface area contributed by atoms with Crippen molar-refractivity contribution in [3.8, 4) is 0 Å². The smallest absolute Gasteiger partial charge is 0.296 e. The normalized spacial score (nSPS) is 10.8. The molecule has 0 bridgehead atoms. The molecule has 4 aromatic rings. The summed E-state index contributed by atoms with van der Waals surface area (Å²) in [6.07, 6.45) is 5.40. The average molecular weight is 373 g/mol. The molecule has 28 heavy (non-hydrogen) atoms. The topological polar surface area (TPSA) is 63.5 Å². The monoisotopic (exact) mass is 373 g/mol. The fraction of sp³-hybridized carbons (Fsp3) is 0.0455. The first-order chi connectivity index (χ1) is 13.6. The Morgan fingerprint density at radius 1 is 1.04 bits per heavy atom. The van der Waals surface area contributed by atoms with Gasteiger partial charge in [0.25, 0.3) is 11.7 Å². The Kier molecular flexibility index (Phi) is 4.68. The van der Waals surface area contributed by atoms with Crippen molar-refractivity contribution in [2.75, 3.05) is 5.32 Å². The number of halogens is 1. The predicted octanol–water partition coefficient (Wildman–Crippen LogP) is 3.89. The molecule has 0 atom stereocenters. The summed E-state index contributed by atoms with van der Waals surface area (Å²) in [5.41, 5.74) is 3.16. The summed E-state index contributed by atoms with van der Waals surface area (Å²) in [5, 5.41) is 2.57. The number of carbonyl (C=O) groups excluding carboxylic acids is 2. The largest absolute Gasteiger partial charge is 0.320 e. The third-order valence-electron chi connectivity index (χ3n) is 4.42. The summed E-state index contributed by atoms with van der Waals surface area (Å²) in [5.74, 6) is -1.65. The molecule has 4 rings (SSSR count). The van der Waals surface area contributed by atoms with Gasteiger partial charge in [0.15, 0.2) is 0 Å². The maximum atomic E-state index is 13.2. The number of ketones is 1. The molecular formula is C22H16FN3O2. The fourth-order valence-corrected chi connectivity index (χ4v) is 3.10. The summed E-state index contributed by atoms with van der Waals surface area (Å²) in [4.78, 5) is 29.1. The van der Waals surface area contributed by atoms with Gasteiger partial charge in [0.05, 0.1) is 23.0 Å². The highest BCUT2D eigenvalue weighted by molar-refractivity contribution is 6.47. The van der Waals surface area contributed by atoms with Gasteiger partial charge in [0, 0.05) is 24.5 Å². The molecule has 3 heterocycles. The number of nitrogens with zero attached hydrogens (tertiary/aromatic N) is 2. The van der Waals surface area contributed by atoms with Crippen LogP contribution in [0, 0.1) is 5.82 Å². The summed E-state index contributed by atoms with van der Waals surface area (Å²) in [6, 6.07) is 16.7. The van der Waals surface area contributed by atoms with Gasteiger partial charge in [-0.15, -0.1) is 0 Å². The molecule has 0 aliphatic heterocycles. The van der Waals surface area contributed by atoms with Crippen LogP contribution in [0.1, 0.15) is 21.6 Å². The minimum Gasteiger partial charge on any atom is -0.320 e. The van der Waals surface area contributed by atoms with Crippen LogP contribution in [0.3, 0.4) is 0 Å². The van der Waals surface area contributed by atoms with Crippen LogP contribution in [0.25, 0.3) is 5.52 Å². The number of carbonyl (C=O) groups is 2. The van der Waals surface area contributed by atoms with Crippen molar-refractivity contribution in [2.45, 2.75) is 6.42 Å². The SMILES string of the molecule is O=C(Nc1cccnc1)C(=O)c1cc(Cc2ccc(F)cc2)n2ccccc12. The van der Waals surface area contributed by atoms with Crippen molar-refractivity contribution in [1.82, 2.24) is 9.38 Å². The Morgan fingerprint density at radius 2 is 1.86 bits per heavy atom. The highest BCUT2D eigenvalue weighted by Crippen LogP contribution is 2.21. The lowest BCUT2D eigenvalue weighted by atomic mass is 10.1. The number of amides is 1. The van der Waals surface area contributed by atoms with Gasteiger partial charge in [-0.1, -0.05) is 18.2 Å². The summed E-state index contributed by atoms with van der Waals surface area (Å²) >= 11 is 0. The number of hydrogen-bond donors (Lipinski definition) is 1. The summed E-state index contributed by atoms with van der Waals surface area (Å²) < 4.78 is 15.0. The number of aromatic nitrogens is 2. The lowest BCUT2D eigenvalue weighted by molar-refractivity contribution is -0.112. The molecule has 1 amide bonds. The van der Waals surface area contributed by atoms with Gasteiger partial charge in [-0.2, -0.15) is 0 Å². The average Bonchev–Trinajstić information content (AvgIpc) is 3.08. The first-order valence-corrected chi connectivity index (χ1v) is 8.71. The number of pyridine rings is 2. The van der Waals surface area contributed by atoms with Gasteiger partial charge in [0.1, 0.15) is 5.82 Å². The number of fused-ring (bicyclic) bond motifs is 1. The summed E-state index contributed by atoms with van der Waals surface area (Å²) in [7, 11) is 0. The van der Waals surface area contributed by atoms with E-state index in [1.165, 1.54) is 18.3 Å². The Balaban J connectivity index is 1.66. The van der Waals surface area contributed by atoms with Crippen molar-refractivity contribution in [1.29, 1.82) is 0 Å². The van der Waals surface area contributed by atoms with Gasteiger partial charge >= 0.3 is 0 Å². The Bertz CT molecular complexity index is 1150. The zero-order valence-electron chi connectivity index (χ0n) is 14.8. The second kappa shape index (κ2) is 7.44. The van der Waals surface area contributed by atoms with Crippen LogP contribution in [0.15, 0.2) is 79.3 Å². The van der Waals surface area contributed by atoms with Crippen LogP contribution in [0.5, 0.6) is 0 Å². The van der Waals surface area contributed by atoms with E-state index in [-0.39, 0.29) is 5.82 Å². The highest BCUT2D eigenvalue weighted by Gasteiger charge is 2.22. The Morgan fingerprint density at radius 3 is 2.61 bits per heavy atom. The first-order valence-electron chi connectivity index (χ1n) is 8.71. The van der Waals surface area contributed by atoms with Crippen LogP contribution >= 0.6 is 0 Å². The molecule has 6 heteroatoms. The van der Waals surface area contributed by atoms with Gasteiger partial charge in [-0.05, 0) is 48.0 Å². The van der Waals surface area contributed by atoms with E-state index in [4.69, 9.17) is 0 Å². The zero-order chi connectivity index (χ0) is 19.5. The fourth-order valence-electron chi connectivity index (χ4n) is 3.10. The lowest BCUT2D eigenvalue weighted by Gasteiger charge is -2.04. The van der Waals surface area contributed by atoms with Gasteiger partial charge < -0.3 is 9.72 Å². The van der Waals surface area contributed by atoms with Gasteiger partial charge in [-0.3, -0.25) is 14.6 Å². The van der Waals surface area contributed by atoms with Crippen LogP contribution < -0.4 is 5.32 Å². The standard InChI is InChI=1S/C22H16FN3O2/c23-16-8-6-15(7-9-16)12-18-13-19(20-5-1-2-11-26(18)20)21(27)22(28)25-17-4-3-10-24-14-17/h1-11,13-14H,12H2,(H,25,28). The Labute approximate surface area is 160 Å². The molecule has 3 aromatic heterocycles. The van der Waals surface area contributed by atoms with Crippen molar-refractivity contribution in [2.24, 2.45) is 0 Å². The van der Waals surface area contributed by atoms with E-state index >= 15 is 0 Å². The van der Waals surface area contributed by atoms with Crippen molar-refractivity contribution in [3.05, 3.63) is 102 Å². The van der Waals surface area contributed by atoms with Gasteiger partial charge in [0.2, 0.25) is 0 Å². The first kappa shape index (κ1) is 17.6. The van der Waals surface area contributed by atoms with E-state index in [0.717, 1.165) is 11.3 Å². The quantitative estimate of drug-likeness (QED) is 0.426. The molecule has 5 nitrogen and oxygen atoms in total. The number of rotatable bonds is 5. The molecule has 0 unspecified atom stereocenters. The van der Waals surface area contributed by atoms with E-state index in [1.807, 2.05) is 22.7 Å². The highest BCUT2D eigenvalue weighted by atomic mass is 19.1. The molecule has 138 valence electrons. The molecule has 0 spiro atoms. The second-order valence-corrected chi connectivity index (χ2v) is 6.33. The third-order valence-corrected chi connectivity index (χ3v) is 4.42. The van der Waals surface area contributed by atoms with Crippen LogP contribution in [-0.4, -0.2) is 21.1 Å². The van der Waals surface area contributed by atoms with Crippen molar-refractivity contribution >= 4 is 22.9 Å². The van der Waals surface area contributed by atoms with Crippen LogP contribution in [0.4, 0.5) is 10.1 Å². The van der Waals surface area contributed by atoms with E-state index in [2.05, 4.69) is 10.3 Å². The van der Waals surface area contributed by atoms with E-state index in [9.17, 15) is 14.0 Å². The molecule has 0 aliphatic rings. The second-order valence-electron chi connectivity index (χ2n) is 6.33. The number of hydrogen-bond acceptors (Lipinski definition) is 3. The number of anilines is 1. The minimum atomic E-state index is -0.724. The van der Waals surface area contributed by atoms with Crippen LogP contribution in [0.2, 0.25) is 0 Å². The van der Waals surface area contributed by atoms with Crippen LogP contribution in [-0.2, 0) is 11.2 Å². The third kappa shape index (κ3) is 3.53. The van der Waals surface area contributed by atoms with Crippen molar-refractivity contribution in [3.63, 3.8) is 0 Å². The molecule has 0 radical (unpaired) electrons. The maximum absolute atomic E-state index is 13.2. The van der Waals surface area contributed by atoms with E-state index in [1.54, 1.807) is 42.6 Å². The molecule has 0 saturated carbocycles. The molecular weight excluding hydrogens is 357 g/mol. The summed E-state index contributed by atoms with van der Waals surface area (Å²) in [6.45, 7) is 0. The molecule has 0 aliphatic carbocycles. The molecule has 0 saturated heterocycles. The van der Waals surface area contributed by atoms with Crippen molar-refractivity contribution < 1.29 is 14.0 Å². The maximum Gasteiger partial charge on any atom is 0.296 e. The minimum absolute atomic E-state index is 0.299. The molecule has 1 N–H and O–H groups in total. The zero-order valence-corrected chi connectivity index (χ0v) is 14.8. The Hall–Kier alpha value is -3.80. The number of benzene rings is 1. The molecule has 0 fully saturated rings. The predicted molar refractivity (Wildman–Crippen MR) is 104 cm³/mol. The van der Waals surface area contributed by atoms with E-state index < -0.39 is 11.7 Å². The lowest BCUT2D eigenvalue weighted by Crippen LogP contribution is -2.22. The van der Waals surface area contributed by atoms with Gasteiger partial charge in [-0.25, -0.2) is 4.39 Å². The van der Waals surface area contributed by atoms with E-state index in [0.29, 0.717) is 23.2 Å². The number of Topliss-reactive ketones (excluding diaryl/α,β-unsaturated/α-hetero) is 1. The molecule has 1 aromatic carbocycles.